The zero-order valence-electron chi connectivity index (χ0n) is 18.8. The number of benzene rings is 3. The monoisotopic (exact) mass is 474 g/mol. The van der Waals surface area contributed by atoms with Crippen molar-refractivity contribution in [3.05, 3.63) is 98.3 Å². The standard InChI is InChI=1S/C25H22N4O4S/c1-15-12-16(2)14-18(13-15)28-24(31)19-8-4-5-9-20(19)27-25(28)34-17(3)23(30)26-21-10-6-7-11-22(21)29(32)33/h4-14,17H,1-3H3,(H,26,30). The molecule has 0 saturated carbocycles. The number of amides is 1. The van der Waals surface area contributed by atoms with E-state index in [-0.39, 0.29) is 16.9 Å². The molecule has 1 unspecified atom stereocenters. The Morgan fingerprint density at radius 2 is 1.71 bits per heavy atom. The van der Waals surface area contributed by atoms with E-state index in [1.54, 1.807) is 37.3 Å². The Kier molecular flexibility index (Phi) is 6.47. The first-order valence-electron chi connectivity index (χ1n) is 10.6. The van der Waals surface area contributed by atoms with Crippen LogP contribution in [-0.2, 0) is 4.79 Å². The van der Waals surface area contributed by atoms with Crippen LogP contribution in [0.15, 0.2) is 76.7 Å². The third-order valence-corrected chi connectivity index (χ3v) is 6.27. The van der Waals surface area contributed by atoms with Gasteiger partial charge in [-0.25, -0.2) is 4.98 Å². The maximum Gasteiger partial charge on any atom is 0.292 e. The van der Waals surface area contributed by atoms with Gasteiger partial charge in [-0.3, -0.25) is 24.3 Å². The molecule has 0 bridgehead atoms. The lowest BCUT2D eigenvalue weighted by molar-refractivity contribution is -0.383. The van der Waals surface area contributed by atoms with Gasteiger partial charge in [0.1, 0.15) is 5.69 Å². The lowest BCUT2D eigenvalue weighted by atomic mass is 10.1. The molecule has 0 aliphatic rings. The van der Waals surface area contributed by atoms with Crippen LogP contribution < -0.4 is 10.9 Å². The van der Waals surface area contributed by atoms with Crippen molar-refractivity contribution in [3.8, 4) is 5.69 Å². The Balaban J connectivity index is 1.74. The van der Waals surface area contributed by atoms with E-state index in [9.17, 15) is 19.7 Å². The summed E-state index contributed by atoms with van der Waals surface area (Å²) in [5.74, 6) is -0.436. The predicted molar refractivity (Wildman–Crippen MR) is 134 cm³/mol. The number of aromatic nitrogens is 2. The maximum atomic E-state index is 13.5. The van der Waals surface area contributed by atoms with Crippen molar-refractivity contribution in [2.24, 2.45) is 0 Å². The highest BCUT2D eigenvalue weighted by atomic mass is 32.2. The Labute approximate surface area is 199 Å². The molecule has 1 aromatic heterocycles. The van der Waals surface area contributed by atoms with E-state index in [1.807, 2.05) is 32.0 Å². The minimum atomic E-state index is -0.690. The Hall–Kier alpha value is -3.98. The smallest absolute Gasteiger partial charge is 0.292 e. The van der Waals surface area contributed by atoms with Crippen LogP contribution in [0.3, 0.4) is 0 Å². The van der Waals surface area contributed by atoms with Gasteiger partial charge in [-0.1, -0.05) is 42.1 Å². The maximum absolute atomic E-state index is 13.5. The highest BCUT2D eigenvalue weighted by Gasteiger charge is 2.23. The van der Waals surface area contributed by atoms with Gasteiger partial charge in [0.05, 0.1) is 26.8 Å². The molecular formula is C25H22N4O4S. The minimum Gasteiger partial charge on any atom is -0.319 e. The average Bonchev–Trinajstić information content (AvgIpc) is 2.78. The number of thioether (sulfide) groups is 1. The predicted octanol–water partition coefficient (Wildman–Crippen LogP) is 5.03. The summed E-state index contributed by atoms with van der Waals surface area (Å²) in [6, 6.07) is 18.8. The number of rotatable bonds is 6. The normalized spacial score (nSPS) is 11.9. The molecule has 3 aromatic carbocycles. The molecule has 0 radical (unpaired) electrons. The molecule has 8 nitrogen and oxygen atoms in total. The molecule has 34 heavy (non-hydrogen) atoms. The van der Waals surface area contributed by atoms with Gasteiger partial charge in [-0.05, 0) is 62.2 Å². The number of carbonyl (C=O) groups excluding carboxylic acids is 1. The first-order chi connectivity index (χ1) is 16.2. The molecule has 1 atom stereocenters. The van der Waals surface area contributed by atoms with E-state index in [4.69, 9.17) is 0 Å². The van der Waals surface area contributed by atoms with Crippen LogP contribution in [-0.4, -0.2) is 25.6 Å². The molecule has 0 aliphatic carbocycles. The quantitative estimate of drug-likeness (QED) is 0.182. The largest absolute Gasteiger partial charge is 0.319 e. The Morgan fingerprint density at radius 1 is 1.06 bits per heavy atom. The fraction of sp³-hybridized carbons (Fsp3) is 0.160. The molecule has 9 heteroatoms. The number of hydrogen-bond donors (Lipinski definition) is 1. The van der Waals surface area contributed by atoms with Crippen LogP contribution in [0.5, 0.6) is 0 Å². The molecule has 0 saturated heterocycles. The van der Waals surface area contributed by atoms with E-state index in [2.05, 4.69) is 10.3 Å². The number of carbonyl (C=O) groups is 1. The summed E-state index contributed by atoms with van der Waals surface area (Å²) in [6.07, 6.45) is 0. The molecule has 4 aromatic rings. The van der Waals surface area contributed by atoms with Crippen LogP contribution in [0.4, 0.5) is 11.4 Å². The zero-order chi connectivity index (χ0) is 24.4. The first kappa shape index (κ1) is 23.2. The summed E-state index contributed by atoms with van der Waals surface area (Å²) < 4.78 is 1.52. The summed E-state index contributed by atoms with van der Waals surface area (Å²) >= 11 is 1.12. The summed E-state index contributed by atoms with van der Waals surface area (Å²) in [4.78, 5) is 41.8. The topological polar surface area (TPSA) is 107 Å². The molecule has 1 N–H and O–H groups in total. The second-order valence-electron chi connectivity index (χ2n) is 7.92. The molecule has 0 fully saturated rings. The number of nitrogens with zero attached hydrogens (tertiary/aromatic N) is 3. The third kappa shape index (κ3) is 4.69. The van der Waals surface area contributed by atoms with Gasteiger partial charge in [0, 0.05) is 6.07 Å². The SMILES string of the molecule is Cc1cc(C)cc(-n2c(SC(C)C(=O)Nc3ccccc3[N+](=O)[O-])nc3ccccc3c2=O)c1. The number of fused-ring (bicyclic) bond motifs is 1. The second-order valence-corrected chi connectivity index (χ2v) is 9.23. The van der Waals surface area contributed by atoms with Gasteiger partial charge >= 0.3 is 0 Å². The van der Waals surface area contributed by atoms with Gasteiger partial charge in [0.2, 0.25) is 5.91 Å². The number of nitro benzene ring substituents is 1. The van der Waals surface area contributed by atoms with Crippen molar-refractivity contribution >= 4 is 39.9 Å². The van der Waals surface area contributed by atoms with Crippen LogP contribution in [0.25, 0.3) is 16.6 Å². The summed E-state index contributed by atoms with van der Waals surface area (Å²) in [5, 5.41) is 14.1. The van der Waals surface area contributed by atoms with Crippen LogP contribution in [0.1, 0.15) is 18.1 Å². The molecule has 1 amide bonds. The van der Waals surface area contributed by atoms with E-state index < -0.39 is 16.1 Å². The fourth-order valence-corrected chi connectivity index (χ4v) is 4.61. The lowest BCUT2D eigenvalue weighted by Crippen LogP contribution is -2.26. The number of anilines is 1. The van der Waals surface area contributed by atoms with E-state index in [0.717, 1.165) is 22.9 Å². The Morgan fingerprint density at radius 3 is 2.41 bits per heavy atom. The highest BCUT2D eigenvalue weighted by molar-refractivity contribution is 8.00. The number of nitrogens with one attached hydrogen (secondary N) is 1. The highest BCUT2D eigenvalue weighted by Crippen LogP contribution is 2.28. The summed E-state index contributed by atoms with van der Waals surface area (Å²) in [7, 11) is 0. The molecule has 172 valence electrons. The van der Waals surface area contributed by atoms with Crippen molar-refractivity contribution in [2.75, 3.05) is 5.32 Å². The van der Waals surface area contributed by atoms with Crippen LogP contribution in [0.2, 0.25) is 0 Å². The van der Waals surface area contributed by atoms with E-state index >= 15 is 0 Å². The zero-order valence-corrected chi connectivity index (χ0v) is 19.6. The summed E-state index contributed by atoms with van der Waals surface area (Å²) in [6.45, 7) is 5.57. The van der Waals surface area contributed by atoms with Gasteiger partial charge in [-0.15, -0.1) is 0 Å². The van der Waals surface area contributed by atoms with Gasteiger partial charge in [0.15, 0.2) is 5.16 Å². The van der Waals surface area contributed by atoms with Crippen LogP contribution in [0, 0.1) is 24.0 Å². The third-order valence-electron chi connectivity index (χ3n) is 5.22. The van der Waals surface area contributed by atoms with Crippen molar-refractivity contribution in [3.63, 3.8) is 0 Å². The number of para-hydroxylation sites is 3. The average molecular weight is 475 g/mol. The van der Waals surface area contributed by atoms with Gasteiger partial charge in [0.25, 0.3) is 11.2 Å². The number of aryl methyl sites for hydroxylation is 2. The van der Waals surface area contributed by atoms with E-state index in [0.29, 0.717) is 21.7 Å². The van der Waals surface area contributed by atoms with E-state index in [1.165, 1.54) is 22.8 Å². The Bertz CT molecular complexity index is 1460. The van der Waals surface area contributed by atoms with Gasteiger partial charge < -0.3 is 5.32 Å². The lowest BCUT2D eigenvalue weighted by Gasteiger charge is -2.17. The molecule has 4 rings (SSSR count). The molecule has 0 aliphatic heterocycles. The molecule has 1 heterocycles. The molecular weight excluding hydrogens is 452 g/mol. The summed E-state index contributed by atoms with van der Waals surface area (Å²) in [5.41, 5.74) is 2.87. The first-order valence-corrected chi connectivity index (χ1v) is 11.4. The van der Waals surface area contributed by atoms with Gasteiger partial charge in [-0.2, -0.15) is 0 Å². The second kappa shape index (κ2) is 9.48. The van der Waals surface area contributed by atoms with Crippen molar-refractivity contribution in [1.29, 1.82) is 0 Å². The fourth-order valence-electron chi connectivity index (χ4n) is 3.68. The van der Waals surface area contributed by atoms with Crippen LogP contribution >= 0.6 is 11.8 Å². The molecule has 0 spiro atoms. The van der Waals surface area contributed by atoms with Crippen molar-refractivity contribution in [1.82, 2.24) is 9.55 Å². The van der Waals surface area contributed by atoms with Crippen molar-refractivity contribution in [2.45, 2.75) is 31.2 Å². The number of hydrogen-bond acceptors (Lipinski definition) is 6. The number of nitro groups is 1. The van der Waals surface area contributed by atoms with Crippen molar-refractivity contribution < 1.29 is 9.72 Å². The minimum absolute atomic E-state index is 0.114.